The van der Waals surface area contributed by atoms with Crippen LogP contribution in [0.3, 0.4) is 0 Å². The van der Waals surface area contributed by atoms with E-state index in [1.54, 1.807) is 30.3 Å². The third-order valence-electron chi connectivity index (χ3n) is 3.85. The number of aromatic carboxylic acids is 1. The third-order valence-corrected chi connectivity index (χ3v) is 3.85. The summed E-state index contributed by atoms with van der Waals surface area (Å²) in [5, 5.41) is 22.6. The van der Waals surface area contributed by atoms with Crippen LogP contribution in [-0.2, 0) is 0 Å². The Morgan fingerprint density at radius 1 is 1.19 bits per heavy atom. The molecule has 0 saturated carbocycles. The second-order valence-electron chi connectivity index (χ2n) is 5.25. The maximum Gasteiger partial charge on any atom is 0.360 e. The van der Waals surface area contributed by atoms with Crippen molar-refractivity contribution in [3.63, 3.8) is 0 Å². The van der Waals surface area contributed by atoms with Gasteiger partial charge in [-0.1, -0.05) is 6.07 Å². The molecule has 0 radical (unpaired) electrons. The van der Waals surface area contributed by atoms with Crippen molar-refractivity contribution in [2.24, 2.45) is 0 Å². The molecule has 3 rings (SSSR count). The average Bonchev–Trinajstić information content (AvgIpc) is 2.66. The molecule has 0 amide bonds. The summed E-state index contributed by atoms with van der Waals surface area (Å²) in [6.45, 7) is 0. The van der Waals surface area contributed by atoms with Gasteiger partial charge >= 0.3 is 5.97 Å². The summed E-state index contributed by atoms with van der Waals surface area (Å²) in [6, 6.07) is 11.4. The minimum absolute atomic E-state index is 0.00261. The fourth-order valence-electron chi connectivity index (χ4n) is 2.66. The van der Waals surface area contributed by atoms with Gasteiger partial charge in [0.15, 0.2) is 11.5 Å². The first-order valence-corrected chi connectivity index (χ1v) is 7.43. The standard InChI is InChI=1S/C18H13N3O5/c1-25-13-7-6-11(8-14(13)26-2)21-12-5-3-4-10(9-19)15(12)17(22)16(20-21)18(23)24/h3-8H,1-2H3,(H,23,24). The van der Waals surface area contributed by atoms with E-state index in [0.717, 1.165) is 0 Å². The Bertz CT molecular complexity index is 1130. The number of benzene rings is 2. The molecule has 0 aliphatic carbocycles. The van der Waals surface area contributed by atoms with Crippen LogP contribution in [0.15, 0.2) is 41.2 Å². The van der Waals surface area contributed by atoms with Gasteiger partial charge in [0.25, 0.3) is 0 Å². The zero-order valence-corrected chi connectivity index (χ0v) is 13.9. The van der Waals surface area contributed by atoms with Gasteiger partial charge in [-0.05, 0) is 24.3 Å². The highest BCUT2D eigenvalue weighted by molar-refractivity contribution is 5.93. The lowest BCUT2D eigenvalue weighted by Crippen LogP contribution is -2.23. The minimum Gasteiger partial charge on any atom is -0.493 e. The van der Waals surface area contributed by atoms with Crippen molar-refractivity contribution in [2.75, 3.05) is 14.2 Å². The van der Waals surface area contributed by atoms with Crippen molar-refractivity contribution < 1.29 is 19.4 Å². The number of hydrogen-bond acceptors (Lipinski definition) is 6. The van der Waals surface area contributed by atoms with Crippen molar-refractivity contribution in [3.8, 4) is 23.3 Å². The summed E-state index contributed by atoms with van der Waals surface area (Å²) < 4.78 is 11.7. The normalized spacial score (nSPS) is 10.3. The van der Waals surface area contributed by atoms with Crippen LogP contribution in [-0.4, -0.2) is 35.1 Å². The smallest absolute Gasteiger partial charge is 0.360 e. The van der Waals surface area contributed by atoms with Crippen LogP contribution in [0.1, 0.15) is 16.1 Å². The number of hydrogen-bond donors (Lipinski definition) is 1. The number of aromatic nitrogens is 2. The molecule has 0 aliphatic heterocycles. The van der Waals surface area contributed by atoms with Gasteiger partial charge < -0.3 is 14.6 Å². The largest absolute Gasteiger partial charge is 0.493 e. The molecular formula is C18H13N3O5. The number of carboxylic acids is 1. The summed E-state index contributed by atoms with van der Waals surface area (Å²) in [5.74, 6) is -0.580. The van der Waals surface area contributed by atoms with Crippen molar-refractivity contribution in [2.45, 2.75) is 0 Å². The van der Waals surface area contributed by atoms with E-state index in [0.29, 0.717) is 22.7 Å². The zero-order valence-electron chi connectivity index (χ0n) is 13.9. The maximum atomic E-state index is 12.5. The Labute approximate surface area is 147 Å². The molecular weight excluding hydrogens is 338 g/mol. The van der Waals surface area contributed by atoms with Crippen molar-refractivity contribution in [3.05, 3.63) is 57.9 Å². The van der Waals surface area contributed by atoms with E-state index in [-0.39, 0.29) is 10.9 Å². The number of carboxylic acid groups (broad SMARTS) is 1. The monoisotopic (exact) mass is 351 g/mol. The molecule has 1 heterocycles. The molecule has 0 saturated heterocycles. The molecule has 1 aromatic heterocycles. The highest BCUT2D eigenvalue weighted by Gasteiger charge is 2.20. The fraction of sp³-hybridized carbons (Fsp3) is 0.111. The number of ether oxygens (including phenoxy) is 2. The lowest BCUT2D eigenvalue weighted by molar-refractivity contribution is 0.0687. The first-order valence-electron chi connectivity index (χ1n) is 7.43. The van der Waals surface area contributed by atoms with Gasteiger partial charge in [-0.2, -0.15) is 10.4 Å². The highest BCUT2D eigenvalue weighted by Crippen LogP contribution is 2.30. The molecule has 0 unspecified atom stereocenters. The van der Waals surface area contributed by atoms with E-state index in [9.17, 15) is 20.0 Å². The molecule has 0 atom stereocenters. The van der Waals surface area contributed by atoms with Crippen LogP contribution in [0.25, 0.3) is 16.6 Å². The highest BCUT2D eigenvalue weighted by atomic mass is 16.5. The number of rotatable bonds is 4. The van der Waals surface area contributed by atoms with E-state index in [4.69, 9.17) is 9.47 Å². The molecule has 0 spiro atoms. The maximum absolute atomic E-state index is 12.5. The van der Waals surface area contributed by atoms with Gasteiger partial charge in [-0.25, -0.2) is 9.48 Å². The summed E-state index contributed by atoms with van der Waals surface area (Å²) in [5.41, 5.74) is -0.639. The summed E-state index contributed by atoms with van der Waals surface area (Å²) in [7, 11) is 2.96. The lowest BCUT2D eigenvalue weighted by Gasteiger charge is -2.14. The quantitative estimate of drug-likeness (QED) is 0.764. The number of methoxy groups -OCH3 is 2. The van der Waals surface area contributed by atoms with E-state index in [2.05, 4.69) is 5.10 Å². The Kier molecular flexibility index (Phi) is 4.29. The lowest BCUT2D eigenvalue weighted by atomic mass is 10.1. The summed E-state index contributed by atoms with van der Waals surface area (Å²) >= 11 is 0. The van der Waals surface area contributed by atoms with Gasteiger partial charge in [-0.15, -0.1) is 0 Å². The van der Waals surface area contributed by atoms with Gasteiger partial charge in [0.1, 0.15) is 0 Å². The van der Waals surface area contributed by atoms with Gasteiger partial charge in [0.05, 0.1) is 42.4 Å². The van der Waals surface area contributed by atoms with Crippen LogP contribution in [0.2, 0.25) is 0 Å². The molecule has 2 aromatic carbocycles. The number of nitriles is 1. The fourth-order valence-corrected chi connectivity index (χ4v) is 2.66. The first-order chi connectivity index (χ1) is 12.5. The van der Waals surface area contributed by atoms with Crippen molar-refractivity contribution in [1.29, 1.82) is 5.26 Å². The zero-order chi connectivity index (χ0) is 18.8. The molecule has 26 heavy (non-hydrogen) atoms. The van der Waals surface area contributed by atoms with Gasteiger partial charge in [-0.3, -0.25) is 4.79 Å². The molecule has 0 aliphatic rings. The van der Waals surface area contributed by atoms with Gasteiger partial charge in [0.2, 0.25) is 11.1 Å². The van der Waals surface area contributed by atoms with Crippen LogP contribution < -0.4 is 14.9 Å². The van der Waals surface area contributed by atoms with Crippen molar-refractivity contribution >= 4 is 16.9 Å². The molecule has 3 aromatic rings. The molecule has 8 heteroatoms. The van der Waals surface area contributed by atoms with E-state index < -0.39 is 17.1 Å². The Morgan fingerprint density at radius 3 is 2.54 bits per heavy atom. The Balaban J connectivity index is 2.44. The SMILES string of the molecule is COc1ccc(-n2nc(C(=O)O)c(=O)c3c(C#N)cccc32)cc1OC. The summed E-state index contributed by atoms with van der Waals surface area (Å²) in [6.07, 6.45) is 0. The molecule has 0 bridgehead atoms. The third kappa shape index (κ3) is 2.61. The molecule has 1 N–H and O–H groups in total. The van der Waals surface area contributed by atoms with Crippen LogP contribution in [0, 0.1) is 11.3 Å². The summed E-state index contributed by atoms with van der Waals surface area (Å²) in [4.78, 5) is 24.0. The number of nitrogens with zero attached hydrogens (tertiary/aromatic N) is 3. The van der Waals surface area contributed by atoms with Crippen LogP contribution >= 0.6 is 0 Å². The predicted octanol–water partition coefficient (Wildman–Crippen LogP) is 1.97. The molecule has 130 valence electrons. The van der Waals surface area contributed by atoms with Gasteiger partial charge in [0, 0.05) is 6.07 Å². The minimum atomic E-state index is -1.47. The average molecular weight is 351 g/mol. The van der Waals surface area contributed by atoms with Crippen LogP contribution in [0.5, 0.6) is 11.5 Å². The predicted molar refractivity (Wildman–Crippen MR) is 92.1 cm³/mol. The van der Waals surface area contributed by atoms with E-state index in [1.807, 2.05) is 6.07 Å². The first kappa shape index (κ1) is 17.0. The number of carbonyl (C=O) groups is 1. The molecule has 8 nitrogen and oxygen atoms in total. The van der Waals surface area contributed by atoms with Crippen molar-refractivity contribution in [1.82, 2.24) is 9.78 Å². The van der Waals surface area contributed by atoms with Crippen LogP contribution in [0.4, 0.5) is 0 Å². The Hall–Kier alpha value is -3.86. The topological polar surface area (TPSA) is 114 Å². The second kappa shape index (κ2) is 6.57. The second-order valence-corrected chi connectivity index (χ2v) is 5.25. The van der Waals surface area contributed by atoms with E-state index in [1.165, 1.54) is 25.0 Å². The molecule has 0 fully saturated rings. The number of fused-ring (bicyclic) bond motifs is 1. The Morgan fingerprint density at radius 2 is 1.92 bits per heavy atom. The van der Waals surface area contributed by atoms with E-state index >= 15 is 0 Å².